The number of rotatable bonds is 5. The lowest BCUT2D eigenvalue weighted by Gasteiger charge is -2.32. The maximum absolute atomic E-state index is 13.1. The Labute approximate surface area is 179 Å². The molecule has 0 atom stereocenters. The number of sulfonamides is 1. The van der Waals surface area contributed by atoms with Crippen LogP contribution in [0.2, 0.25) is 0 Å². The largest absolute Gasteiger partial charge is 0.341 e. The summed E-state index contributed by atoms with van der Waals surface area (Å²) in [6.07, 6.45) is 8.85. The fourth-order valence-corrected chi connectivity index (χ4v) is 6.03. The average Bonchev–Trinajstić information content (AvgIpc) is 2.79. The van der Waals surface area contributed by atoms with Gasteiger partial charge in [0, 0.05) is 45.0 Å². The maximum atomic E-state index is 13.1. The summed E-state index contributed by atoms with van der Waals surface area (Å²) in [5.74, 6) is -0.0514. The zero-order valence-corrected chi connectivity index (χ0v) is 18.3. The normalized spacial score (nSPS) is 18.0. The van der Waals surface area contributed by atoms with Gasteiger partial charge in [-0.25, -0.2) is 8.42 Å². The number of aromatic nitrogens is 1. The minimum absolute atomic E-state index is 0.0811. The molecule has 1 aromatic heterocycles. The van der Waals surface area contributed by atoms with Crippen molar-refractivity contribution in [3.05, 3.63) is 59.4 Å². The summed E-state index contributed by atoms with van der Waals surface area (Å²) in [4.78, 5) is 19.0. The second-order valence-electron chi connectivity index (χ2n) is 8.37. The number of carbonyl (C=O) groups excluding carboxylic acids is 1. The quantitative estimate of drug-likeness (QED) is 0.735. The van der Waals surface area contributed by atoms with Crippen molar-refractivity contribution >= 4 is 15.9 Å². The molecule has 0 unspecified atom stereocenters. The monoisotopic (exact) mass is 427 g/mol. The predicted octanol–water partition coefficient (Wildman–Crippen LogP) is 3.02. The van der Waals surface area contributed by atoms with Gasteiger partial charge in [-0.2, -0.15) is 4.31 Å². The molecule has 2 heterocycles. The number of hydrogen-bond donors (Lipinski definition) is 0. The molecule has 30 heavy (non-hydrogen) atoms. The third-order valence-electron chi connectivity index (χ3n) is 6.31. The number of amides is 1. The van der Waals surface area contributed by atoms with E-state index in [1.54, 1.807) is 34.7 Å². The van der Waals surface area contributed by atoms with Crippen LogP contribution >= 0.6 is 0 Å². The molecule has 0 saturated carbocycles. The first-order chi connectivity index (χ1) is 14.4. The summed E-state index contributed by atoms with van der Waals surface area (Å²) < 4.78 is 27.8. The molecule has 6 nitrogen and oxygen atoms in total. The third kappa shape index (κ3) is 4.42. The minimum Gasteiger partial charge on any atom is -0.341 e. The zero-order chi connectivity index (χ0) is 21.1. The topological polar surface area (TPSA) is 70.6 Å². The van der Waals surface area contributed by atoms with Crippen LogP contribution in [0.5, 0.6) is 0 Å². The number of hydrogen-bond acceptors (Lipinski definition) is 4. The molecule has 2 aromatic rings. The van der Waals surface area contributed by atoms with Crippen molar-refractivity contribution in [3.8, 4) is 0 Å². The van der Waals surface area contributed by atoms with Gasteiger partial charge in [0.1, 0.15) is 0 Å². The molecule has 1 amide bonds. The molecular weight excluding hydrogens is 398 g/mol. The Bertz CT molecular complexity index is 1000. The zero-order valence-electron chi connectivity index (χ0n) is 17.5. The highest BCUT2D eigenvalue weighted by Gasteiger charge is 2.33. The molecule has 0 bridgehead atoms. The summed E-state index contributed by atoms with van der Waals surface area (Å²) in [6.45, 7) is 1.31. The van der Waals surface area contributed by atoms with E-state index in [-0.39, 0.29) is 11.8 Å². The van der Waals surface area contributed by atoms with Crippen LogP contribution in [0.3, 0.4) is 0 Å². The highest BCUT2D eigenvalue weighted by Crippen LogP contribution is 2.28. The molecule has 0 N–H and O–H groups in total. The van der Waals surface area contributed by atoms with E-state index in [2.05, 4.69) is 4.98 Å². The molecule has 2 aliphatic rings. The van der Waals surface area contributed by atoms with Crippen LogP contribution in [-0.2, 0) is 34.2 Å². The first-order valence-electron chi connectivity index (χ1n) is 10.7. The van der Waals surface area contributed by atoms with Gasteiger partial charge in [-0.3, -0.25) is 9.78 Å². The fourth-order valence-electron chi connectivity index (χ4n) is 4.51. The number of aryl methyl sites for hydroxylation is 2. The van der Waals surface area contributed by atoms with Crippen LogP contribution in [0.1, 0.15) is 42.4 Å². The molecule has 1 aromatic carbocycles. The van der Waals surface area contributed by atoms with Gasteiger partial charge in [0.15, 0.2) is 0 Å². The van der Waals surface area contributed by atoms with E-state index in [1.807, 2.05) is 24.3 Å². The smallest absolute Gasteiger partial charge is 0.243 e. The minimum atomic E-state index is -3.51. The number of nitrogens with zero attached hydrogens (tertiary/aromatic N) is 3. The number of fused-ring (bicyclic) bond motifs is 1. The van der Waals surface area contributed by atoms with Gasteiger partial charge < -0.3 is 4.90 Å². The summed E-state index contributed by atoms with van der Waals surface area (Å²) in [7, 11) is -1.71. The highest BCUT2D eigenvalue weighted by molar-refractivity contribution is 7.89. The summed E-state index contributed by atoms with van der Waals surface area (Å²) in [5.41, 5.74) is 3.49. The highest BCUT2D eigenvalue weighted by atomic mass is 32.2. The first kappa shape index (κ1) is 21.0. The second-order valence-corrected chi connectivity index (χ2v) is 10.3. The summed E-state index contributed by atoms with van der Waals surface area (Å²) in [5, 5.41) is 0. The lowest BCUT2D eigenvalue weighted by atomic mass is 9.92. The molecular formula is C23H29N3O3S. The molecule has 7 heteroatoms. The molecule has 1 aliphatic heterocycles. The first-order valence-corrected chi connectivity index (χ1v) is 12.1. The van der Waals surface area contributed by atoms with Crippen LogP contribution in [0.4, 0.5) is 0 Å². The van der Waals surface area contributed by atoms with Gasteiger partial charge in [0.05, 0.1) is 4.90 Å². The predicted molar refractivity (Wildman–Crippen MR) is 115 cm³/mol. The molecule has 4 rings (SSSR count). The van der Waals surface area contributed by atoms with Crippen LogP contribution in [0.15, 0.2) is 47.6 Å². The Kier molecular flexibility index (Phi) is 6.20. The SMILES string of the molecule is CN(Cc1ccncc1)C(=O)C1CCN(S(=O)(=O)c2ccc3c(c2)CCCC3)CC1. The number of carbonyl (C=O) groups is 1. The van der Waals surface area contributed by atoms with Crippen molar-refractivity contribution in [2.75, 3.05) is 20.1 Å². The van der Waals surface area contributed by atoms with Crippen molar-refractivity contribution in [2.24, 2.45) is 5.92 Å². The van der Waals surface area contributed by atoms with E-state index >= 15 is 0 Å². The van der Waals surface area contributed by atoms with Gasteiger partial charge in [0.2, 0.25) is 15.9 Å². The number of piperidine rings is 1. The summed E-state index contributed by atoms with van der Waals surface area (Å²) in [6, 6.07) is 9.39. The van der Waals surface area contributed by atoms with E-state index in [0.29, 0.717) is 37.4 Å². The van der Waals surface area contributed by atoms with Gasteiger partial charge in [-0.1, -0.05) is 6.07 Å². The Morgan fingerprint density at radius 3 is 2.43 bits per heavy atom. The maximum Gasteiger partial charge on any atom is 0.243 e. The standard InChI is InChI=1S/C23H29N3O3S/c1-25(17-18-8-12-24-13-9-18)23(27)20-10-14-26(15-11-20)30(28,29)22-7-6-19-4-2-3-5-21(19)16-22/h6-9,12-13,16,20H,2-5,10-11,14-15,17H2,1H3. The summed E-state index contributed by atoms with van der Waals surface area (Å²) >= 11 is 0. The Balaban J connectivity index is 1.38. The lowest BCUT2D eigenvalue weighted by Crippen LogP contribution is -2.43. The van der Waals surface area contributed by atoms with Gasteiger partial charge in [-0.15, -0.1) is 0 Å². The average molecular weight is 428 g/mol. The second kappa shape index (κ2) is 8.86. The Morgan fingerprint density at radius 2 is 1.73 bits per heavy atom. The van der Waals surface area contributed by atoms with E-state index < -0.39 is 10.0 Å². The number of pyridine rings is 1. The third-order valence-corrected chi connectivity index (χ3v) is 8.20. The van der Waals surface area contributed by atoms with Crippen molar-refractivity contribution in [1.82, 2.24) is 14.2 Å². The molecule has 0 radical (unpaired) electrons. The van der Waals surface area contributed by atoms with Crippen LogP contribution in [0.25, 0.3) is 0 Å². The van der Waals surface area contributed by atoms with Gasteiger partial charge >= 0.3 is 0 Å². The number of benzene rings is 1. The van der Waals surface area contributed by atoms with Crippen molar-refractivity contribution in [1.29, 1.82) is 0 Å². The Hall–Kier alpha value is -2.25. The van der Waals surface area contributed by atoms with Crippen LogP contribution < -0.4 is 0 Å². The van der Waals surface area contributed by atoms with E-state index in [1.165, 1.54) is 17.5 Å². The van der Waals surface area contributed by atoms with Crippen LogP contribution in [-0.4, -0.2) is 48.7 Å². The van der Waals surface area contributed by atoms with Gasteiger partial charge in [-0.05, 0) is 79.5 Å². The lowest BCUT2D eigenvalue weighted by molar-refractivity contribution is -0.135. The molecule has 160 valence electrons. The Morgan fingerprint density at radius 1 is 1.07 bits per heavy atom. The van der Waals surface area contributed by atoms with E-state index in [4.69, 9.17) is 0 Å². The fraction of sp³-hybridized carbons (Fsp3) is 0.478. The molecule has 1 saturated heterocycles. The molecule has 1 aliphatic carbocycles. The van der Waals surface area contributed by atoms with Crippen molar-refractivity contribution < 1.29 is 13.2 Å². The van der Waals surface area contributed by atoms with Crippen molar-refractivity contribution in [3.63, 3.8) is 0 Å². The van der Waals surface area contributed by atoms with Crippen molar-refractivity contribution in [2.45, 2.75) is 50.0 Å². The van der Waals surface area contributed by atoms with Gasteiger partial charge in [0.25, 0.3) is 0 Å². The van der Waals surface area contributed by atoms with Crippen LogP contribution in [0, 0.1) is 5.92 Å². The van der Waals surface area contributed by atoms with E-state index in [0.717, 1.165) is 24.8 Å². The molecule has 1 fully saturated rings. The molecule has 0 spiro atoms. The van der Waals surface area contributed by atoms with E-state index in [9.17, 15) is 13.2 Å².